The van der Waals surface area contributed by atoms with Crippen molar-refractivity contribution >= 4 is 11.9 Å². The molecule has 1 saturated heterocycles. The molecule has 1 fully saturated rings. The van der Waals surface area contributed by atoms with E-state index in [9.17, 15) is 9.59 Å². The van der Waals surface area contributed by atoms with Gasteiger partial charge in [0.05, 0.1) is 0 Å². The minimum atomic E-state index is -0.339. The zero-order valence-corrected chi connectivity index (χ0v) is 11.2. The van der Waals surface area contributed by atoms with E-state index in [1.807, 2.05) is 32.6 Å². The Morgan fingerprint density at radius 1 is 1.06 bits per heavy atom. The first-order valence-electron chi connectivity index (χ1n) is 6.18. The molecule has 0 aromatic rings. The van der Waals surface area contributed by atoms with Gasteiger partial charge in [0.15, 0.2) is 0 Å². The molecule has 0 unspecified atom stereocenters. The Bertz CT molecular complexity index is 289. The first-order chi connectivity index (χ1) is 7.86. The summed E-state index contributed by atoms with van der Waals surface area (Å²) < 4.78 is 0. The summed E-state index contributed by atoms with van der Waals surface area (Å²) in [6.45, 7) is 10.8. The maximum Gasteiger partial charge on any atom is 0.317 e. The third kappa shape index (κ3) is 3.61. The van der Waals surface area contributed by atoms with Gasteiger partial charge < -0.3 is 15.1 Å². The first-order valence-corrected chi connectivity index (χ1v) is 6.18. The minimum Gasteiger partial charge on any atom is -0.339 e. The molecule has 0 aliphatic carbocycles. The Morgan fingerprint density at radius 2 is 1.53 bits per heavy atom. The molecule has 0 atom stereocenters. The number of rotatable bonds is 1. The summed E-state index contributed by atoms with van der Waals surface area (Å²) in [6.07, 6.45) is 0. The third-order valence-corrected chi connectivity index (χ3v) is 2.82. The number of carbonyl (C=O) groups excluding carboxylic acids is 2. The molecule has 0 saturated carbocycles. The number of hydrogen-bond acceptors (Lipinski definition) is 2. The van der Waals surface area contributed by atoms with Crippen LogP contribution in [-0.4, -0.2) is 54.5 Å². The van der Waals surface area contributed by atoms with Gasteiger partial charge in [-0.25, -0.2) is 4.79 Å². The first kappa shape index (κ1) is 13.8. The van der Waals surface area contributed by atoms with Gasteiger partial charge in [0.25, 0.3) is 0 Å². The van der Waals surface area contributed by atoms with Crippen LogP contribution >= 0.6 is 0 Å². The van der Waals surface area contributed by atoms with Gasteiger partial charge in [-0.1, -0.05) is 20.8 Å². The van der Waals surface area contributed by atoms with Crippen LogP contribution in [0.25, 0.3) is 0 Å². The number of carbonyl (C=O) groups is 2. The second kappa shape index (κ2) is 5.38. The van der Waals surface area contributed by atoms with Crippen LogP contribution in [0, 0.1) is 5.41 Å². The molecule has 0 radical (unpaired) electrons. The van der Waals surface area contributed by atoms with Gasteiger partial charge in [-0.15, -0.1) is 0 Å². The van der Waals surface area contributed by atoms with Gasteiger partial charge in [0, 0.05) is 38.1 Å². The number of nitrogens with zero attached hydrogens (tertiary/aromatic N) is 2. The van der Waals surface area contributed by atoms with Crippen molar-refractivity contribution in [3.05, 3.63) is 0 Å². The molecule has 1 aliphatic rings. The van der Waals surface area contributed by atoms with E-state index in [1.54, 1.807) is 4.90 Å². The molecular weight excluding hydrogens is 218 g/mol. The summed E-state index contributed by atoms with van der Waals surface area (Å²) in [5.74, 6) is 0.160. The van der Waals surface area contributed by atoms with Crippen molar-refractivity contribution in [3.63, 3.8) is 0 Å². The van der Waals surface area contributed by atoms with Crippen LogP contribution in [0.5, 0.6) is 0 Å². The van der Waals surface area contributed by atoms with Gasteiger partial charge in [-0.05, 0) is 6.92 Å². The number of nitrogens with one attached hydrogen (secondary N) is 1. The van der Waals surface area contributed by atoms with Crippen molar-refractivity contribution in [1.29, 1.82) is 0 Å². The van der Waals surface area contributed by atoms with E-state index in [2.05, 4.69) is 5.32 Å². The fourth-order valence-electron chi connectivity index (χ4n) is 1.85. The summed E-state index contributed by atoms with van der Waals surface area (Å²) >= 11 is 0. The SMILES string of the molecule is CCNC(=O)N1CCN(C(=O)C(C)(C)C)CC1. The van der Waals surface area contributed by atoms with E-state index < -0.39 is 0 Å². The summed E-state index contributed by atoms with van der Waals surface area (Å²) in [4.78, 5) is 27.2. The van der Waals surface area contributed by atoms with Crippen LogP contribution in [0.2, 0.25) is 0 Å². The molecule has 1 heterocycles. The molecule has 0 aromatic heterocycles. The van der Waals surface area contributed by atoms with Crippen molar-refractivity contribution < 1.29 is 9.59 Å². The minimum absolute atomic E-state index is 0.0321. The lowest BCUT2D eigenvalue weighted by molar-refractivity contribution is -0.140. The smallest absolute Gasteiger partial charge is 0.317 e. The maximum atomic E-state index is 12.0. The zero-order valence-electron chi connectivity index (χ0n) is 11.2. The number of piperazine rings is 1. The van der Waals surface area contributed by atoms with Crippen molar-refractivity contribution in [2.24, 2.45) is 5.41 Å². The highest BCUT2D eigenvalue weighted by atomic mass is 16.2. The average molecular weight is 241 g/mol. The van der Waals surface area contributed by atoms with Gasteiger partial charge in [0.1, 0.15) is 0 Å². The molecule has 5 heteroatoms. The largest absolute Gasteiger partial charge is 0.339 e. The summed E-state index contributed by atoms with van der Waals surface area (Å²) in [6, 6.07) is -0.0321. The highest BCUT2D eigenvalue weighted by molar-refractivity contribution is 5.82. The molecule has 1 N–H and O–H groups in total. The Kier molecular flexibility index (Phi) is 4.37. The monoisotopic (exact) mass is 241 g/mol. The van der Waals surface area contributed by atoms with Crippen molar-refractivity contribution in [2.75, 3.05) is 32.7 Å². The van der Waals surface area contributed by atoms with E-state index >= 15 is 0 Å². The maximum absolute atomic E-state index is 12.0. The molecule has 0 aromatic carbocycles. The predicted molar refractivity (Wildman–Crippen MR) is 66.7 cm³/mol. The fourth-order valence-corrected chi connectivity index (χ4v) is 1.85. The summed E-state index contributed by atoms with van der Waals surface area (Å²) in [5, 5.41) is 2.77. The van der Waals surface area contributed by atoms with E-state index in [4.69, 9.17) is 0 Å². The quantitative estimate of drug-likeness (QED) is 0.742. The van der Waals surface area contributed by atoms with Crippen molar-refractivity contribution in [1.82, 2.24) is 15.1 Å². The van der Waals surface area contributed by atoms with Crippen LogP contribution in [-0.2, 0) is 4.79 Å². The Balaban J connectivity index is 2.46. The molecule has 0 bridgehead atoms. The van der Waals surface area contributed by atoms with Gasteiger partial charge >= 0.3 is 6.03 Å². The van der Waals surface area contributed by atoms with Crippen LogP contribution in [0.4, 0.5) is 4.79 Å². The summed E-state index contributed by atoms with van der Waals surface area (Å²) in [5.41, 5.74) is -0.339. The van der Waals surface area contributed by atoms with Crippen LogP contribution in [0.3, 0.4) is 0 Å². The lowest BCUT2D eigenvalue weighted by Gasteiger charge is -2.37. The van der Waals surface area contributed by atoms with Crippen molar-refractivity contribution in [3.8, 4) is 0 Å². The molecule has 1 aliphatic heterocycles. The highest BCUT2D eigenvalue weighted by Crippen LogP contribution is 2.18. The summed E-state index contributed by atoms with van der Waals surface area (Å²) in [7, 11) is 0. The third-order valence-electron chi connectivity index (χ3n) is 2.82. The lowest BCUT2D eigenvalue weighted by atomic mass is 9.94. The second-order valence-corrected chi connectivity index (χ2v) is 5.36. The molecular formula is C12H23N3O2. The number of hydrogen-bond donors (Lipinski definition) is 1. The van der Waals surface area contributed by atoms with E-state index in [0.29, 0.717) is 32.7 Å². The topological polar surface area (TPSA) is 52.7 Å². The fraction of sp³-hybridized carbons (Fsp3) is 0.833. The number of amides is 3. The molecule has 98 valence electrons. The van der Waals surface area contributed by atoms with E-state index in [0.717, 1.165) is 0 Å². The molecule has 17 heavy (non-hydrogen) atoms. The second-order valence-electron chi connectivity index (χ2n) is 5.36. The van der Waals surface area contributed by atoms with E-state index in [-0.39, 0.29) is 17.4 Å². The normalized spacial score (nSPS) is 16.9. The lowest BCUT2D eigenvalue weighted by Crippen LogP contribution is -2.54. The predicted octanol–water partition coefficient (Wildman–Crippen LogP) is 0.906. The zero-order chi connectivity index (χ0) is 13.1. The van der Waals surface area contributed by atoms with Crippen LogP contribution in [0.15, 0.2) is 0 Å². The van der Waals surface area contributed by atoms with Gasteiger partial charge in [0.2, 0.25) is 5.91 Å². The van der Waals surface area contributed by atoms with Crippen LogP contribution < -0.4 is 5.32 Å². The van der Waals surface area contributed by atoms with Gasteiger partial charge in [-0.3, -0.25) is 4.79 Å². The Labute approximate surface area is 103 Å². The Hall–Kier alpha value is -1.26. The van der Waals surface area contributed by atoms with Crippen LogP contribution in [0.1, 0.15) is 27.7 Å². The standard InChI is InChI=1S/C12H23N3O2/c1-5-13-11(17)15-8-6-14(7-9-15)10(16)12(2,3)4/h5-9H2,1-4H3,(H,13,17). The van der Waals surface area contributed by atoms with E-state index in [1.165, 1.54) is 0 Å². The van der Waals surface area contributed by atoms with Gasteiger partial charge in [-0.2, -0.15) is 0 Å². The molecule has 5 nitrogen and oxygen atoms in total. The van der Waals surface area contributed by atoms with Crippen molar-refractivity contribution in [2.45, 2.75) is 27.7 Å². The molecule has 1 rings (SSSR count). The highest BCUT2D eigenvalue weighted by Gasteiger charge is 2.30. The Morgan fingerprint density at radius 3 is 1.94 bits per heavy atom. The molecule has 0 spiro atoms. The number of urea groups is 1. The molecule has 3 amide bonds. The average Bonchev–Trinajstić information content (AvgIpc) is 2.27.